The Morgan fingerprint density at radius 1 is 1.05 bits per heavy atom. The molecule has 0 N–H and O–H groups in total. The quantitative estimate of drug-likeness (QED) is 0.737. The summed E-state index contributed by atoms with van der Waals surface area (Å²) in [6.07, 6.45) is 1.34. The van der Waals surface area contributed by atoms with Crippen LogP contribution in [0.3, 0.4) is 0 Å². The molecule has 6 heteroatoms. The molecule has 104 valence electrons. The highest BCUT2D eigenvalue weighted by atomic mass is 79.9. The van der Waals surface area contributed by atoms with E-state index in [9.17, 15) is 8.78 Å². The predicted molar refractivity (Wildman–Crippen MR) is 70.1 cm³/mol. The Morgan fingerprint density at radius 2 is 1.68 bits per heavy atom. The van der Waals surface area contributed by atoms with Gasteiger partial charge in [-0.1, -0.05) is 0 Å². The largest absolute Gasteiger partial charge is 0.369 e. The van der Waals surface area contributed by atoms with Crippen LogP contribution in [0.5, 0.6) is 0 Å². The Kier molecular flexibility index (Phi) is 3.49. The molecule has 2 saturated heterocycles. The van der Waals surface area contributed by atoms with Gasteiger partial charge in [0.2, 0.25) is 0 Å². The van der Waals surface area contributed by atoms with Gasteiger partial charge in [0.15, 0.2) is 5.79 Å². The van der Waals surface area contributed by atoms with Crippen LogP contribution in [0.4, 0.5) is 14.5 Å². The van der Waals surface area contributed by atoms with Crippen molar-refractivity contribution in [3.8, 4) is 0 Å². The van der Waals surface area contributed by atoms with E-state index in [1.807, 2.05) is 4.90 Å². The Hall–Kier alpha value is -0.720. The molecular formula is C13H14BrF2NO2. The number of hydrogen-bond acceptors (Lipinski definition) is 3. The van der Waals surface area contributed by atoms with Gasteiger partial charge in [-0.15, -0.1) is 0 Å². The summed E-state index contributed by atoms with van der Waals surface area (Å²) in [5, 5.41) is 0. The van der Waals surface area contributed by atoms with Crippen molar-refractivity contribution in [3.63, 3.8) is 0 Å². The van der Waals surface area contributed by atoms with E-state index in [0.717, 1.165) is 6.07 Å². The second-order valence-corrected chi connectivity index (χ2v) is 5.67. The van der Waals surface area contributed by atoms with Crippen LogP contribution in [0.2, 0.25) is 0 Å². The zero-order valence-electron chi connectivity index (χ0n) is 10.3. The van der Waals surface area contributed by atoms with E-state index in [0.29, 0.717) is 44.8 Å². The fourth-order valence-electron chi connectivity index (χ4n) is 2.63. The number of ether oxygens (including phenoxy) is 2. The molecule has 0 bridgehead atoms. The summed E-state index contributed by atoms with van der Waals surface area (Å²) in [7, 11) is 0. The summed E-state index contributed by atoms with van der Waals surface area (Å²) in [6, 6.07) is 2.39. The number of halogens is 3. The summed E-state index contributed by atoms with van der Waals surface area (Å²) in [5.41, 5.74) is 0.300. The fraction of sp³-hybridized carbons (Fsp3) is 0.538. The van der Waals surface area contributed by atoms with Gasteiger partial charge in [0.25, 0.3) is 0 Å². The molecule has 3 nitrogen and oxygen atoms in total. The average molecular weight is 334 g/mol. The van der Waals surface area contributed by atoms with Gasteiger partial charge in [-0.3, -0.25) is 0 Å². The monoisotopic (exact) mass is 333 g/mol. The molecule has 2 aliphatic heterocycles. The fourth-order valence-corrected chi connectivity index (χ4v) is 2.94. The van der Waals surface area contributed by atoms with Crippen LogP contribution in [0.25, 0.3) is 0 Å². The molecule has 0 saturated carbocycles. The van der Waals surface area contributed by atoms with Crippen molar-refractivity contribution in [2.75, 3.05) is 31.2 Å². The maximum atomic E-state index is 13.9. The maximum Gasteiger partial charge on any atom is 0.171 e. The Labute approximate surface area is 118 Å². The molecule has 0 unspecified atom stereocenters. The molecule has 0 aliphatic carbocycles. The lowest BCUT2D eigenvalue weighted by molar-refractivity contribution is -0.169. The molecule has 1 aromatic carbocycles. The Bertz CT molecular complexity index is 482. The van der Waals surface area contributed by atoms with Crippen LogP contribution in [0.1, 0.15) is 12.8 Å². The topological polar surface area (TPSA) is 21.7 Å². The van der Waals surface area contributed by atoms with Crippen molar-refractivity contribution in [1.29, 1.82) is 0 Å². The number of benzene rings is 1. The van der Waals surface area contributed by atoms with E-state index in [-0.39, 0.29) is 4.47 Å². The standard InChI is InChI=1S/C13H14BrF2NO2/c14-9-7-11(16)12(8-10(9)15)17-3-1-13(2-4-17)18-5-6-19-13/h7-8H,1-6H2. The number of piperidine rings is 1. The lowest BCUT2D eigenvalue weighted by Crippen LogP contribution is -2.45. The van der Waals surface area contributed by atoms with E-state index in [4.69, 9.17) is 9.47 Å². The van der Waals surface area contributed by atoms with Crippen LogP contribution >= 0.6 is 15.9 Å². The van der Waals surface area contributed by atoms with Crippen molar-refractivity contribution in [2.45, 2.75) is 18.6 Å². The summed E-state index contributed by atoms with van der Waals surface area (Å²) >= 11 is 2.98. The van der Waals surface area contributed by atoms with Gasteiger partial charge in [0, 0.05) is 32.0 Å². The first-order valence-corrected chi connectivity index (χ1v) is 7.06. The zero-order chi connectivity index (χ0) is 13.5. The minimum Gasteiger partial charge on any atom is -0.369 e. The van der Waals surface area contributed by atoms with E-state index >= 15 is 0 Å². The highest BCUT2D eigenvalue weighted by molar-refractivity contribution is 9.10. The smallest absolute Gasteiger partial charge is 0.171 e. The molecule has 0 atom stereocenters. The van der Waals surface area contributed by atoms with Gasteiger partial charge >= 0.3 is 0 Å². The van der Waals surface area contributed by atoms with Gasteiger partial charge < -0.3 is 14.4 Å². The predicted octanol–water partition coefficient (Wildman–Crippen LogP) is 3.07. The van der Waals surface area contributed by atoms with Crippen molar-refractivity contribution >= 4 is 21.6 Å². The summed E-state index contributed by atoms with van der Waals surface area (Å²) in [4.78, 5) is 1.83. The summed E-state index contributed by atoms with van der Waals surface area (Å²) in [5.74, 6) is -1.37. The van der Waals surface area contributed by atoms with E-state index in [1.165, 1.54) is 6.07 Å². The molecule has 2 aliphatic rings. The number of hydrogen-bond donors (Lipinski definition) is 0. The second kappa shape index (κ2) is 5.00. The first-order valence-electron chi connectivity index (χ1n) is 6.27. The number of nitrogens with zero attached hydrogens (tertiary/aromatic N) is 1. The van der Waals surface area contributed by atoms with Crippen LogP contribution in [-0.4, -0.2) is 32.1 Å². The molecule has 3 rings (SSSR count). The number of rotatable bonds is 1. The third kappa shape index (κ3) is 2.49. The summed E-state index contributed by atoms with van der Waals surface area (Å²) in [6.45, 7) is 2.42. The summed E-state index contributed by atoms with van der Waals surface area (Å²) < 4.78 is 38.8. The van der Waals surface area contributed by atoms with Gasteiger partial charge in [0.05, 0.1) is 23.4 Å². The molecule has 1 spiro atoms. The van der Waals surface area contributed by atoms with Crippen LogP contribution < -0.4 is 4.90 Å². The molecule has 0 aromatic heterocycles. The molecule has 0 radical (unpaired) electrons. The van der Waals surface area contributed by atoms with Gasteiger partial charge in [-0.2, -0.15) is 0 Å². The van der Waals surface area contributed by atoms with Gasteiger partial charge in [-0.25, -0.2) is 8.78 Å². The van der Waals surface area contributed by atoms with Crippen LogP contribution in [-0.2, 0) is 9.47 Å². The van der Waals surface area contributed by atoms with Crippen molar-refractivity contribution < 1.29 is 18.3 Å². The van der Waals surface area contributed by atoms with Gasteiger partial charge in [0.1, 0.15) is 11.6 Å². The minimum absolute atomic E-state index is 0.143. The maximum absolute atomic E-state index is 13.9. The van der Waals surface area contributed by atoms with E-state index < -0.39 is 17.4 Å². The molecule has 0 amide bonds. The lowest BCUT2D eigenvalue weighted by Gasteiger charge is -2.38. The van der Waals surface area contributed by atoms with Crippen molar-refractivity contribution in [1.82, 2.24) is 0 Å². The number of anilines is 1. The SMILES string of the molecule is Fc1cc(N2CCC3(CC2)OCCO3)c(F)cc1Br. The van der Waals surface area contributed by atoms with E-state index in [1.54, 1.807) is 0 Å². The molecular weight excluding hydrogens is 320 g/mol. The Morgan fingerprint density at radius 3 is 2.32 bits per heavy atom. The molecule has 2 fully saturated rings. The third-order valence-electron chi connectivity index (χ3n) is 3.67. The zero-order valence-corrected chi connectivity index (χ0v) is 11.9. The van der Waals surface area contributed by atoms with Crippen molar-refractivity contribution in [2.24, 2.45) is 0 Å². The van der Waals surface area contributed by atoms with Crippen molar-refractivity contribution in [3.05, 3.63) is 28.2 Å². The molecule has 19 heavy (non-hydrogen) atoms. The first kappa shape index (κ1) is 13.3. The normalized spacial score (nSPS) is 22.2. The average Bonchev–Trinajstić information content (AvgIpc) is 2.84. The van der Waals surface area contributed by atoms with Crippen LogP contribution in [0, 0.1) is 11.6 Å². The second-order valence-electron chi connectivity index (χ2n) is 4.81. The first-order chi connectivity index (χ1) is 9.10. The van der Waals surface area contributed by atoms with E-state index in [2.05, 4.69) is 15.9 Å². The van der Waals surface area contributed by atoms with Gasteiger partial charge in [-0.05, 0) is 22.0 Å². The third-order valence-corrected chi connectivity index (χ3v) is 4.28. The van der Waals surface area contributed by atoms with Crippen LogP contribution in [0.15, 0.2) is 16.6 Å². The molecule has 2 heterocycles. The lowest BCUT2D eigenvalue weighted by atomic mass is 10.0. The Balaban J connectivity index is 1.76. The highest BCUT2D eigenvalue weighted by Crippen LogP contribution is 2.35. The minimum atomic E-state index is -0.499. The highest BCUT2D eigenvalue weighted by Gasteiger charge is 2.40. The molecule has 1 aromatic rings.